The number of carbonyl (C=O) groups excluding carboxylic acids is 1. The van der Waals surface area contributed by atoms with Gasteiger partial charge in [-0.15, -0.1) is 0 Å². The zero-order valence-electron chi connectivity index (χ0n) is 7.50. The minimum atomic E-state index is -0.529. The standard InChI is InChI=1S/C9H14O3/c1-5-7(3)9(10)12-8(4)11-6-2/h5,8H,1,3,6H2,2,4H3. The van der Waals surface area contributed by atoms with Gasteiger partial charge in [0.25, 0.3) is 0 Å². The number of ether oxygens (including phenoxy) is 2. The first kappa shape index (κ1) is 10.9. The number of carbonyl (C=O) groups is 1. The Hall–Kier alpha value is -1.09. The van der Waals surface area contributed by atoms with E-state index >= 15 is 0 Å². The Bertz CT molecular complexity index is 184. The molecule has 0 fully saturated rings. The normalized spacial score (nSPS) is 11.8. The van der Waals surface area contributed by atoms with Crippen LogP contribution in [0.3, 0.4) is 0 Å². The van der Waals surface area contributed by atoms with Crippen molar-refractivity contribution in [2.75, 3.05) is 6.61 Å². The Morgan fingerprint density at radius 1 is 1.67 bits per heavy atom. The molecule has 0 aromatic rings. The Morgan fingerprint density at radius 3 is 2.67 bits per heavy atom. The summed E-state index contributed by atoms with van der Waals surface area (Å²) >= 11 is 0. The lowest BCUT2D eigenvalue weighted by atomic mass is 10.3. The fourth-order valence-corrected chi connectivity index (χ4v) is 0.578. The van der Waals surface area contributed by atoms with E-state index in [1.807, 2.05) is 6.92 Å². The Kier molecular flexibility index (Phi) is 5.04. The number of hydrogen-bond donors (Lipinski definition) is 0. The van der Waals surface area contributed by atoms with Crippen LogP contribution in [-0.2, 0) is 14.3 Å². The van der Waals surface area contributed by atoms with Crippen LogP contribution < -0.4 is 0 Å². The van der Waals surface area contributed by atoms with Crippen LogP contribution >= 0.6 is 0 Å². The molecule has 3 nitrogen and oxygen atoms in total. The summed E-state index contributed by atoms with van der Waals surface area (Å²) in [5.74, 6) is -0.494. The van der Waals surface area contributed by atoms with Gasteiger partial charge in [0.05, 0.1) is 5.57 Å². The number of rotatable bonds is 5. The van der Waals surface area contributed by atoms with Crippen LogP contribution in [0, 0.1) is 0 Å². The molecule has 0 spiro atoms. The first-order valence-corrected chi connectivity index (χ1v) is 3.75. The van der Waals surface area contributed by atoms with Gasteiger partial charge in [0.2, 0.25) is 0 Å². The molecule has 0 bridgehead atoms. The summed E-state index contributed by atoms with van der Waals surface area (Å²) in [6.07, 6.45) is 0.820. The highest BCUT2D eigenvalue weighted by Crippen LogP contribution is 2.00. The van der Waals surface area contributed by atoms with Gasteiger partial charge in [-0.05, 0) is 13.8 Å². The fourth-order valence-electron chi connectivity index (χ4n) is 0.578. The number of esters is 1. The van der Waals surface area contributed by atoms with Gasteiger partial charge in [-0.25, -0.2) is 4.79 Å². The number of hydrogen-bond acceptors (Lipinski definition) is 3. The average Bonchev–Trinajstić information content (AvgIpc) is 2.03. The monoisotopic (exact) mass is 170 g/mol. The predicted molar refractivity (Wildman–Crippen MR) is 46.5 cm³/mol. The average molecular weight is 170 g/mol. The van der Waals surface area contributed by atoms with Crippen LogP contribution in [0.4, 0.5) is 0 Å². The molecular formula is C9H14O3. The molecular weight excluding hydrogens is 156 g/mol. The van der Waals surface area contributed by atoms with Crippen molar-refractivity contribution in [2.24, 2.45) is 0 Å². The molecule has 0 amide bonds. The van der Waals surface area contributed by atoms with Crippen molar-refractivity contribution in [1.82, 2.24) is 0 Å². The van der Waals surface area contributed by atoms with Gasteiger partial charge in [0.1, 0.15) is 0 Å². The lowest BCUT2D eigenvalue weighted by Gasteiger charge is -2.12. The zero-order valence-corrected chi connectivity index (χ0v) is 7.50. The summed E-state index contributed by atoms with van der Waals surface area (Å²) in [6.45, 7) is 10.8. The van der Waals surface area contributed by atoms with Crippen molar-refractivity contribution in [3.05, 3.63) is 24.8 Å². The molecule has 0 aliphatic heterocycles. The van der Waals surface area contributed by atoms with E-state index in [0.29, 0.717) is 6.61 Å². The van der Waals surface area contributed by atoms with Crippen LogP contribution in [0.5, 0.6) is 0 Å². The molecule has 12 heavy (non-hydrogen) atoms. The molecule has 0 saturated carbocycles. The second-order valence-corrected chi connectivity index (χ2v) is 2.16. The minimum absolute atomic E-state index is 0.238. The first-order chi connectivity index (χ1) is 5.61. The van der Waals surface area contributed by atoms with Crippen molar-refractivity contribution in [3.63, 3.8) is 0 Å². The molecule has 1 unspecified atom stereocenters. The largest absolute Gasteiger partial charge is 0.432 e. The maximum Gasteiger partial charge on any atom is 0.339 e. The van der Waals surface area contributed by atoms with Crippen molar-refractivity contribution < 1.29 is 14.3 Å². The maximum absolute atomic E-state index is 11.0. The van der Waals surface area contributed by atoms with Crippen molar-refractivity contribution >= 4 is 5.97 Å². The Morgan fingerprint density at radius 2 is 2.25 bits per heavy atom. The van der Waals surface area contributed by atoms with Crippen LogP contribution in [-0.4, -0.2) is 18.9 Å². The lowest BCUT2D eigenvalue weighted by Crippen LogP contribution is -2.18. The van der Waals surface area contributed by atoms with Crippen molar-refractivity contribution in [1.29, 1.82) is 0 Å². The summed E-state index contributed by atoms with van der Waals surface area (Å²) in [5, 5.41) is 0. The first-order valence-electron chi connectivity index (χ1n) is 3.75. The van der Waals surface area contributed by atoms with Gasteiger partial charge in [-0.2, -0.15) is 0 Å². The van der Waals surface area contributed by atoms with Gasteiger partial charge >= 0.3 is 5.97 Å². The van der Waals surface area contributed by atoms with Gasteiger partial charge in [0, 0.05) is 6.61 Å². The van der Waals surface area contributed by atoms with E-state index in [-0.39, 0.29) is 5.57 Å². The molecule has 3 heteroatoms. The summed E-state index contributed by atoms with van der Waals surface area (Å²) < 4.78 is 9.80. The smallest absolute Gasteiger partial charge is 0.339 e. The predicted octanol–water partition coefficient (Wildman–Crippen LogP) is 1.65. The summed E-state index contributed by atoms with van der Waals surface area (Å²) in [7, 11) is 0. The molecule has 0 radical (unpaired) electrons. The fraction of sp³-hybridized carbons (Fsp3) is 0.444. The van der Waals surface area contributed by atoms with Crippen LogP contribution in [0.2, 0.25) is 0 Å². The van der Waals surface area contributed by atoms with E-state index in [2.05, 4.69) is 13.2 Å². The molecule has 0 aromatic heterocycles. The third kappa shape index (κ3) is 3.93. The molecule has 1 atom stereocenters. The third-order valence-electron chi connectivity index (χ3n) is 1.18. The van der Waals surface area contributed by atoms with E-state index in [0.717, 1.165) is 0 Å². The van der Waals surface area contributed by atoms with Crippen molar-refractivity contribution in [3.8, 4) is 0 Å². The van der Waals surface area contributed by atoms with Gasteiger partial charge in [-0.1, -0.05) is 19.2 Å². The Labute approximate surface area is 72.7 Å². The highest BCUT2D eigenvalue weighted by molar-refractivity contribution is 5.90. The van der Waals surface area contributed by atoms with E-state index in [4.69, 9.17) is 9.47 Å². The summed E-state index contributed by atoms with van der Waals surface area (Å²) in [4.78, 5) is 11.0. The molecule has 0 saturated heterocycles. The maximum atomic E-state index is 11.0. The summed E-state index contributed by atoms with van der Waals surface area (Å²) in [6, 6.07) is 0. The quantitative estimate of drug-likeness (QED) is 0.272. The van der Waals surface area contributed by atoms with Gasteiger partial charge in [0.15, 0.2) is 6.29 Å². The second kappa shape index (κ2) is 5.55. The van der Waals surface area contributed by atoms with Crippen molar-refractivity contribution in [2.45, 2.75) is 20.1 Å². The highest BCUT2D eigenvalue weighted by atomic mass is 16.7. The molecule has 68 valence electrons. The molecule has 0 aliphatic carbocycles. The van der Waals surface area contributed by atoms with E-state index in [1.165, 1.54) is 6.08 Å². The van der Waals surface area contributed by atoms with E-state index < -0.39 is 12.3 Å². The van der Waals surface area contributed by atoms with Crippen LogP contribution in [0.15, 0.2) is 24.8 Å². The molecule has 0 aliphatic rings. The second-order valence-electron chi connectivity index (χ2n) is 2.16. The Balaban J connectivity index is 3.83. The zero-order chi connectivity index (χ0) is 9.56. The van der Waals surface area contributed by atoms with E-state index in [1.54, 1.807) is 6.92 Å². The van der Waals surface area contributed by atoms with Gasteiger partial charge < -0.3 is 9.47 Å². The van der Waals surface area contributed by atoms with E-state index in [9.17, 15) is 4.79 Å². The summed E-state index contributed by atoms with van der Waals surface area (Å²) in [5.41, 5.74) is 0.238. The molecule has 0 heterocycles. The lowest BCUT2D eigenvalue weighted by molar-refractivity contribution is -0.168. The van der Waals surface area contributed by atoms with Gasteiger partial charge in [-0.3, -0.25) is 0 Å². The highest BCUT2D eigenvalue weighted by Gasteiger charge is 2.09. The molecule has 0 rings (SSSR count). The topological polar surface area (TPSA) is 35.5 Å². The minimum Gasteiger partial charge on any atom is -0.432 e. The van der Waals surface area contributed by atoms with Crippen LogP contribution in [0.25, 0.3) is 0 Å². The SMILES string of the molecule is C=CC(=C)C(=O)OC(C)OCC. The molecule has 0 N–H and O–H groups in total. The van der Waals surface area contributed by atoms with Crippen LogP contribution in [0.1, 0.15) is 13.8 Å². The third-order valence-corrected chi connectivity index (χ3v) is 1.18. The molecule has 0 aromatic carbocycles.